The fourth-order valence-corrected chi connectivity index (χ4v) is 1.84. The summed E-state index contributed by atoms with van der Waals surface area (Å²) in [6, 6.07) is 5.80. The van der Waals surface area contributed by atoms with Crippen LogP contribution in [0.5, 0.6) is 0 Å². The van der Waals surface area contributed by atoms with Gasteiger partial charge in [0.15, 0.2) is 0 Å². The molecule has 6 heteroatoms. The molecule has 1 aromatic heterocycles. The molecule has 0 amide bonds. The van der Waals surface area contributed by atoms with Crippen LogP contribution < -0.4 is 5.69 Å². The molecule has 6 nitrogen and oxygen atoms in total. The maximum Gasteiger partial charge on any atom is 0.368 e. The summed E-state index contributed by atoms with van der Waals surface area (Å²) in [7, 11) is 0. The number of aliphatic hydroxyl groups is 1. The minimum absolute atomic E-state index is 0.108. The van der Waals surface area contributed by atoms with Crippen LogP contribution >= 0.6 is 0 Å². The quantitative estimate of drug-likeness (QED) is 0.888. The van der Waals surface area contributed by atoms with Crippen LogP contribution in [0.3, 0.4) is 0 Å². The van der Waals surface area contributed by atoms with E-state index in [9.17, 15) is 9.90 Å². The number of benzene rings is 1. The Kier molecular flexibility index (Phi) is 3.28. The Balaban J connectivity index is 2.48. The van der Waals surface area contributed by atoms with Crippen LogP contribution in [0.4, 0.5) is 0 Å². The van der Waals surface area contributed by atoms with Crippen LogP contribution in [0.15, 0.2) is 23.0 Å². The van der Waals surface area contributed by atoms with E-state index in [0.717, 1.165) is 11.1 Å². The van der Waals surface area contributed by atoms with Gasteiger partial charge in [-0.1, -0.05) is 12.1 Å². The number of rotatable bonds is 3. The number of hydrogen-bond acceptors (Lipinski definition) is 4. The molecular weight excluding hydrogens is 244 g/mol. The van der Waals surface area contributed by atoms with Gasteiger partial charge in [0.05, 0.1) is 17.8 Å². The van der Waals surface area contributed by atoms with Gasteiger partial charge in [-0.15, -0.1) is 0 Å². The van der Waals surface area contributed by atoms with E-state index < -0.39 is 5.60 Å². The summed E-state index contributed by atoms with van der Waals surface area (Å²) in [5.41, 5.74) is 1.35. The van der Waals surface area contributed by atoms with Crippen LogP contribution in [0.25, 0.3) is 5.69 Å². The zero-order valence-corrected chi connectivity index (χ0v) is 11.6. The average molecular weight is 262 g/mol. The highest BCUT2D eigenvalue weighted by atomic mass is 16.3. The van der Waals surface area contributed by atoms with Gasteiger partial charge < -0.3 is 5.11 Å². The Morgan fingerprint density at radius 3 is 2.58 bits per heavy atom. The fraction of sp³-hybridized carbons (Fsp3) is 0.462. The summed E-state index contributed by atoms with van der Waals surface area (Å²) in [6.07, 6.45) is 0. The van der Waals surface area contributed by atoms with Gasteiger partial charge in [-0.3, -0.25) is 0 Å². The first kappa shape index (κ1) is 13.5. The topological polar surface area (TPSA) is 72.9 Å². The lowest BCUT2D eigenvalue weighted by Gasteiger charge is -2.14. The molecule has 102 valence electrons. The Morgan fingerprint density at radius 1 is 1.26 bits per heavy atom. The van der Waals surface area contributed by atoms with Crippen LogP contribution in [0.2, 0.25) is 0 Å². The second-order valence-electron chi connectivity index (χ2n) is 5.43. The Morgan fingerprint density at radius 2 is 1.95 bits per heavy atom. The Bertz CT molecular complexity index is 649. The number of hydrogen-bond donors (Lipinski definition) is 1. The van der Waals surface area contributed by atoms with Gasteiger partial charge in [-0.05, 0) is 55.3 Å². The molecule has 0 aliphatic carbocycles. The summed E-state index contributed by atoms with van der Waals surface area (Å²) in [6.45, 7) is 7.22. The molecule has 0 aliphatic heterocycles. The molecule has 1 N–H and O–H groups in total. The molecule has 0 unspecified atom stereocenters. The molecule has 0 bridgehead atoms. The monoisotopic (exact) mass is 262 g/mol. The van der Waals surface area contributed by atoms with Gasteiger partial charge in [-0.25, -0.2) is 4.79 Å². The van der Waals surface area contributed by atoms with Crippen LogP contribution in [0, 0.1) is 13.8 Å². The zero-order valence-electron chi connectivity index (χ0n) is 11.6. The molecule has 0 aliphatic rings. The smallest absolute Gasteiger partial charge is 0.368 e. The largest absolute Gasteiger partial charge is 0.389 e. The number of aromatic nitrogens is 4. The minimum Gasteiger partial charge on any atom is -0.389 e. The van der Waals surface area contributed by atoms with Gasteiger partial charge >= 0.3 is 5.69 Å². The van der Waals surface area contributed by atoms with Crippen molar-refractivity contribution in [2.75, 3.05) is 0 Å². The highest BCUT2D eigenvalue weighted by molar-refractivity contribution is 5.41. The number of tetrazole rings is 1. The predicted octanol–water partition coefficient (Wildman–Crippen LogP) is 0.817. The van der Waals surface area contributed by atoms with Crippen molar-refractivity contribution in [3.8, 4) is 5.69 Å². The molecule has 0 radical (unpaired) electrons. The third kappa shape index (κ3) is 2.90. The van der Waals surface area contributed by atoms with Crippen molar-refractivity contribution in [1.29, 1.82) is 0 Å². The SMILES string of the molecule is Cc1ccc(C)c(-n2nnn(CC(C)(C)O)c2=O)c1. The molecule has 1 aromatic carbocycles. The Hall–Kier alpha value is -1.95. The van der Waals surface area contributed by atoms with Crippen molar-refractivity contribution < 1.29 is 5.11 Å². The van der Waals surface area contributed by atoms with Gasteiger partial charge in [-0.2, -0.15) is 9.36 Å². The molecular formula is C13H18N4O2. The van der Waals surface area contributed by atoms with Gasteiger partial charge in [0.1, 0.15) is 0 Å². The van der Waals surface area contributed by atoms with E-state index >= 15 is 0 Å². The third-order valence-electron chi connectivity index (χ3n) is 2.77. The second kappa shape index (κ2) is 4.62. The normalized spacial score (nSPS) is 11.8. The van der Waals surface area contributed by atoms with Gasteiger partial charge in [0.25, 0.3) is 0 Å². The van der Waals surface area contributed by atoms with E-state index in [1.54, 1.807) is 13.8 Å². The van der Waals surface area contributed by atoms with E-state index in [2.05, 4.69) is 10.4 Å². The first-order valence-electron chi connectivity index (χ1n) is 6.11. The van der Waals surface area contributed by atoms with E-state index in [-0.39, 0.29) is 12.2 Å². The molecule has 0 saturated carbocycles. The van der Waals surface area contributed by atoms with Crippen molar-refractivity contribution in [3.63, 3.8) is 0 Å². The standard InChI is InChI=1S/C13H18N4O2/c1-9-5-6-10(2)11(7-9)17-12(18)16(14-15-17)8-13(3,4)19/h5-7,19H,8H2,1-4H3. The summed E-state index contributed by atoms with van der Waals surface area (Å²) in [5.74, 6) is 0. The van der Waals surface area contributed by atoms with Gasteiger partial charge in [0, 0.05) is 0 Å². The third-order valence-corrected chi connectivity index (χ3v) is 2.77. The maximum absolute atomic E-state index is 12.2. The molecule has 0 atom stereocenters. The molecule has 2 aromatic rings. The lowest BCUT2D eigenvalue weighted by molar-refractivity contribution is 0.0560. The highest BCUT2D eigenvalue weighted by Gasteiger charge is 2.18. The van der Waals surface area contributed by atoms with E-state index in [1.165, 1.54) is 9.36 Å². The molecule has 2 rings (SSSR count). The molecule has 0 fully saturated rings. The molecule has 19 heavy (non-hydrogen) atoms. The summed E-state index contributed by atoms with van der Waals surface area (Å²) in [5, 5.41) is 17.4. The van der Waals surface area contributed by atoms with E-state index in [1.807, 2.05) is 32.0 Å². The first-order valence-corrected chi connectivity index (χ1v) is 6.11. The predicted molar refractivity (Wildman–Crippen MR) is 71.4 cm³/mol. The minimum atomic E-state index is -1.01. The van der Waals surface area contributed by atoms with Crippen LogP contribution in [-0.2, 0) is 6.54 Å². The Labute approximate surface area is 111 Å². The second-order valence-corrected chi connectivity index (χ2v) is 5.43. The lowest BCUT2D eigenvalue weighted by Crippen LogP contribution is -2.34. The van der Waals surface area contributed by atoms with E-state index in [0.29, 0.717) is 5.69 Å². The fourth-order valence-electron chi connectivity index (χ4n) is 1.84. The summed E-state index contributed by atoms with van der Waals surface area (Å²) in [4.78, 5) is 12.2. The first-order chi connectivity index (χ1) is 8.78. The van der Waals surface area contributed by atoms with Gasteiger partial charge in [0.2, 0.25) is 0 Å². The van der Waals surface area contributed by atoms with Crippen molar-refractivity contribution in [2.24, 2.45) is 0 Å². The zero-order chi connectivity index (χ0) is 14.2. The summed E-state index contributed by atoms with van der Waals surface area (Å²) < 4.78 is 2.43. The van der Waals surface area contributed by atoms with Crippen molar-refractivity contribution in [2.45, 2.75) is 39.8 Å². The lowest BCUT2D eigenvalue weighted by atomic mass is 10.1. The molecule has 0 saturated heterocycles. The van der Waals surface area contributed by atoms with Crippen LogP contribution in [-0.4, -0.2) is 30.5 Å². The molecule has 0 spiro atoms. The maximum atomic E-state index is 12.2. The molecule has 1 heterocycles. The number of nitrogens with zero attached hydrogens (tertiary/aromatic N) is 4. The van der Waals surface area contributed by atoms with E-state index in [4.69, 9.17) is 0 Å². The summed E-state index contributed by atoms with van der Waals surface area (Å²) >= 11 is 0. The van der Waals surface area contributed by atoms with Crippen molar-refractivity contribution >= 4 is 0 Å². The number of aryl methyl sites for hydroxylation is 2. The highest BCUT2D eigenvalue weighted by Crippen LogP contribution is 2.13. The van der Waals surface area contributed by atoms with Crippen LogP contribution in [0.1, 0.15) is 25.0 Å². The average Bonchev–Trinajstić information content (AvgIpc) is 2.62. The van der Waals surface area contributed by atoms with Crippen molar-refractivity contribution in [3.05, 3.63) is 39.8 Å². The van der Waals surface area contributed by atoms with Crippen molar-refractivity contribution in [1.82, 2.24) is 19.8 Å².